The zero-order chi connectivity index (χ0) is 23.7. The first-order valence-electron chi connectivity index (χ1n) is 11.3. The number of likely N-dealkylation sites (N-methyl/N-ethyl adjacent to an activating group) is 1. The Bertz CT molecular complexity index is 1220. The molecule has 0 unspecified atom stereocenters. The Kier molecular flexibility index (Phi) is 5.79. The molecule has 0 saturated carbocycles. The highest BCUT2D eigenvalue weighted by Gasteiger charge is 2.37. The molecule has 5 rings (SSSR count). The topological polar surface area (TPSA) is 87.4 Å². The Morgan fingerprint density at radius 3 is 2.62 bits per heavy atom. The molecule has 2 amide bonds. The van der Waals surface area contributed by atoms with E-state index in [0.717, 1.165) is 22.5 Å². The number of hydrazone groups is 1. The highest BCUT2D eigenvalue weighted by Crippen LogP contribution is 2.36. The van der Waals surface area contributed by atoms with Crippen LogP contribution in [0.2, 0.25) is 0 Å². The molecule has 2 aliphatic heterocycles. The van der Waals surface area contributed by atoms with Gasteiger partial charge in [0, 0.05) is 13.5 Å². The summed E-state index contributed by atoms with van der Waals surface area (Å²) in [6.45, 7) is 2.35. The lowest BCUT2D eigenvalue weighted by Crippen LogP contribution is -2.50. The number of furan rings is 1. The molecular weight excluding hydrogens is 432 g/mol. The van der Waals surface area contributed by atoms with Crippen molar-refractivity contribution < 1.29 is 18.7 Å². The second-order valence-corrected chi connectivity index (χ2v) is 8.46. The zero-order valence-corrected chi connectivity index (χ0v) is 19.1. The van der Waals surface area contributed by atoms with E-state index in [9.17, 15) is 9.59 Å². The van der Waals surface area contributed by atoms with Crippen LogP contribution in [0.3, 0.4) is 0 Å². The first-order valence-corrected chi connectivity index (χ1v) is 11.3. The van der Waals surface area contributed by atoms with Crippen molar-refractivity contribution in [1.82, 2.24) is 10.3 Å². The minimum atomic E-state index is -0.709. The van der Waals surface area contributed by atoms with Gasteiger partial charge in [0.15, 0.2) is 6.10 Å². The molecular formula is C26H26N4O4. The minimum Gasteiger partial charge on any atom is -0.477 e. The van der Waals surface area contributed by atoms with Crippen molar-refractivity contribution in [3.05, 3.63) is 83.8 Å². The molecule has 3 heterocycles. The van der Waals surface area contributed by atoms with Gasteiger partial charge in [0.05, 0.1) is 30.8 Å². The van der Waals surface area contributed by atoms with E-state index < -0.39 is 6.10 Å². The number of hydrogen-bond donors (Lipinski definition) is 1. The van der Waals surface area contributed by atoms with Gasteiger partial charge >= 0.3 is 0 Å². The molecule has 174 valence electrons. The summed E-state index contributed by atoms with van der Waals surface area (Å²) >= 11 is 0. The number of nitrogens with one attached hydrogen (secondary N) is 1. The van der Waals surface area contributed by atoms with Crippen molar-refractivity contribution in [1.29, 1.82) is 0 Å². The highest BCUT2D eigenvalue weighted by molar-refractivity contribution is 6.03. The third kappa shape index (κ3) is 4.14. The summed E-state index contributed by atoms with van der Waals surface area (Å²) in [7, 11) is 1.57. The van der Waals surface area contributed by atoms with Crippen LogP contribution in [0.4, 0.5) is 5.69 Å². The number of hydrogen-bond acceptors (Lipinski definition) is 6. The Labute approximate surface area is 197 Å². The third-order valence-electron chi connectivity index (χ3n) is 6.15. The fraction of sp³-hybridized carbons (Fsp3) is 0.269. The SMILES string of the molecule is CNC(=O)[C@@H]1CN(CC(=O)N2N=C(c3ccc(C)cc3)C[C@H]2c2ccco2)c2ccccc2O1. The first kappa shape index (κ1) is 21.8. The molecule has 34 heavy (non-hydrogen) atoms. The summed E-state index contributed by atoms with van der Waals surface area (Å²) in [5, 5.41) is 8.86. The summed E-state index contributed by atoms with van der Waals surface area (Å²) in [6, 6.07) is 18.9. The number of carbonyl (C=O) groups excluding carboxylic acids is 2. The number of carbonyl (C=O) groups is 2. The van der Waals surface area contributed by atoms with E-state index in [0.29, 0.717) is 17.9 Å². The van der Waals surface area contributed by atoms with Crippen LogP contribution < -0.4 is 15.0 Å². The van der Waals surface area contributed by atoms with E-state index in [2.05, 4.69) is 5.32 Å². The Hall–Kier alpha value is -4.07. The molecule has 0 spiro atoms. The summed E-state index contributed by atoms with van der Waals surface area (Å²) in [6.07, 6.45) is 1.45. The number of benzene rings is 2. The van der Waals surface area contributed by atoms with Gasteiger partial charge in [-0.25, -0.2) is 5.01 Å². The van der Waals surface area contributed by atoms with Gasteiger partial charge in [-0.3, -0.25) is 9.59 Å². The molecule has 2 aliphatic rings. The number of fused-ring (bicyclic) bond motifs is 1. The van der Waals surface area contributed by atoms with Crippen LogP contribution >= 0.6 is 0 Å². The number of nitrogens with zero attached hydrogens (tertiary/aromatic N) is 3. The molecule has 0 bridgehead atoms. The van der Waals surface area contributed by atoms with Crippen molar-refractivity contribution in [3.8, 4) is 5.75 Å². The van der Waals surface area contributed by atoms with E-state index in [1.165, 1.54) is 5.01 Å². The van der Waals surface area contributed by atoms with Gasteiger partial charge in [0.2, 0.25) is 0 Å². The molecule has 0 aliphatic carbocycles. The fourth-order valence-electron chi connectivity index (χ4n) is 4.35. The van der Waals surface area contributed by atoms with Crippen LogP contribution in [0, 0.1) is 6.92 Å². The predicted molar refractivity (Wildman–Crippen MR) is 128 cm³/mol. The third-order valence-corrected chi connectivity index (χ3v) is 6.15. The number of amides is 2. The molecule has 0 radical (unpaired) electrons. The van der Waals surface area contributed by atoms with Gasteiger partial charge in [-0.2, -0.15) is 5.10 Å². The van der Waals surface area contributed by atoms with Crippen LogP contribution in [-0.4, -0.2) is 48.8 Å². The van der Waals surface area contributed by atoms with Gasteiger partial charge < -0.3 is 19.4 Å². The van der Waals surface area contributed by atoms with Gasteiger partial charge in [-0.1, -0.05) is 42.0 Å². The lowest BCUT2D eigenvalue weighted by molar-refractivity contribution is -0.132. The maximum atomic E-state index is 13.6. The summed E-state index contributed by atoms with van der Waals surface area (Å²) in [5.41, 5.74) is 3.75. The Morgan fingerprint density at radius 1 is 1.09 bits per heavy atom. The lowest BCUT2D eigenvalue weighted by Gasteiger charge is -2.35. The highest BCUT2D eigenvalue weighted by atomic mass is 16.5. The second-order valence-electron chi connectivity index (χ2n) is 8.46. The Morgan fingerprint density at radius 2 is 1.88 bits per heavy atom. The van der Waals surface area contributed by atoms with Crippen LogP contribution in [0.25, 0.3) is 0 Å². The minimum absolute atomic E-state index is 0.0513. The van der Waals surface area contributed by atoms with Crippen LogP contribution in [-0.2, 0) is 9.59 Å². The summed E-state index contributed by atoms with van der Waals surface area (Å²) in [4.78, 5) is 27.8. The molecule has 1 aromatic heterocycles. The lowest BCUT2D eigenvalue weighted by atomic mass is 10.0. The van der Waals surface area contributed by atoms with Gasteiger partial charge in [-0.15, -0.1) is 0 Å². The van der Waals surface area contributed by atoms with Crippen molar-refractivity contribution in [2.45, 2.75) is 25.5 Å². The van der Waals surface area contributed by atoms with E-state index in [-0.39, 0.29) is 30.9 Å². The molecule has 0 saturated heterocycles. The molecule has 2 atom stereocenters. The summed E-state index contributed by atoms with van der Waals surface area (Å²) in [5.74, 6) is 0.838. The van der Waals surface area contributed by atoms with Crippen molar-refractivity contribution in [2.75, 3.05) is 25.0 Å². The first-order chi connectivity index (χ1) is 16.5. The molecule has 0 fully saturated rings. The van der Waals surface area contributed by atoms with Gasteiger partial charge in [0.1, 0.15) is 17.6 Å². The maximum Gasteiger partial charge on any atom is 0.262 e. The van der Waals surface area contributed by atoms with Crippen LogP contribution in [0.15, 0.2) is 76.4 Å². The number of aryl methyl sites for hydroxylation is 1. The van der Waals surface area contributed by atoms with Crippen molar-refractivity contribution in [3.63, 3.8) is 0 Å². The number of para-hydroxylation sites is 2. The largest absolute Gasteiger partial charge is 0.477 e. The number of anilines is 1. The van der Waals surface area contributed by atoms with Gasteiger partial charge in [0.25, 0.3) is 11.8 Å². The quantitative estimate of drug-likeness (QED) is 0.634. The van der Waals surface area contributed by atoms with E-state index in [1.807, 2.05) is 66.4 Å². The van der Waals surface area contributed by atoms with Crippen LogP contribution in [0.5, 0.6) is 5.75 Å². The monoisotopic (exact) mass is 458 g/mol. The van der Waals surface area contributed by atoms with E-state index in [1.54, 1.807) is 19.4 Å². The molecule has 3 aromatic rings. The zero-order valence-electron chi connectivity index (χ0n) is 19.1. The number of ether oxygens (including phenoxy) is 1. The molecule has 8 nitrogen and oxygen atoms in total. The molecule has 2 aromatic carbocycles. The predicted octanol–water partition coefficient (Wildman–Crippen LogP) is 3.28. The molecule has 1 N–H and O–H groups in total. The number of rotatable bonds is 5. The smallest absolute Gasteiger partial charge is 0.262 e. The average molecular weight is 459 g/mol. The molecule has 8 heteroatoms. The normalized spacial score (nSPS) is 19.3. The standard InChI is InChI=1S/C26H26N4O4/c1-17-9-11-18(12-10-17)19-14-21(22-8-5-13-33-22)30(28-19)25(31)16-29-15-24(26(32)27-2)34-23-7-4-3-6-20(23)29/h3-13,21,24H,14-16H2,1-2H3,(H,27,32)/t21-,24-/m0/s1. The Balaban J connectivity index is 1.43. The van der Waals surface area contributed by atoms with E-state index >= 15 is 0 Å². The maximum absolute atomic E-state index is 13.6. The van der Waals surface area contributed by atoms with Crippen LogP contribution in [0.1, 0.15) is 29.3 Å². The van der Waals surface area contributed by atoms with Crippen molar-refractivity contribution in [2.24, 2.45) is 5.10 Å². The summed E-state index contributed by atoms with van der Waals surface area (Å²) < 4.78 is 11.5. The average Bonchev–Trinajstić information content (AvgIpc) is 3.54. The van der Waals surface area contributed by atoms with E-state index in [4.69, 9.17) is 14.3 Å². The van der Waals surface area contributed by atoms with Gasteiger partial charge in [-0.05, 0) is 36.8 Å². The second kappa shape index (κ2) is 9.05. The van der Waals surface area contributed by atoms with Crippen molar-refractivity contribution >= 4 is 23.2 Å². The fourth-order valence-corrected chi connectivity index (χ4v) is 4.35.